The van der Waals surface area contributed by atoms with Gasteiger partial charge in [-0.1, -0.05) is 18.2 Å². The minimum Gasteiger partial charge on any atom is -0.318 e. The van der Waals surface area contributed by atoms with Crippen LogP contribution >= 0.6 is 0 Å². The van der Waals surface area contributed by atoms with Gasteiger partial charge in [0.25, 0.3) is 5.56 Å². The van der Waals surface area contributed by atoms with E-state index in [0.29, 0.717) is 11.1 Å². The summed E-state index contributed by atoms with van der Waals surface area (Å²) in [6.07, 6.45) is 1.61. The van der Waals surface area contributed by atoms with Crippen LogP contribution in [0.25, 0.3) is 0 Å². The van der Waals surface area contributed by atoms with E-state index in [1.165, 1.54) is 42.8 Å². The molecule has 0 N–H and O–H groups in total. The highest BCUT2D eigenvalue weighted by atomic mass is 32.2. The lowest BCUT2D eigenvalue weighted by molar-refractivity contribution is 0.101. The summed E-state index contributed by atoms with van der Waals surface area (Å²) in [6, 6.07) is 9.04. The van der Waals surface area contributed by atoms with Crippen LogP contribution in [0.3, 0.4) is 0 Å². The molecule has 0 bridgehead atoms. The number of Topliss-reactive ketones (excluding diaryl/α,β-unsaturated/α-hetero) is 1. The van der Waals surface area contributed by atoms with Gasteiger partial charge >= 0.3 is 0 Å². The molecule has 6 nitrogen and oxygen atoms in total. The van der Waals surface area contributed by atoms with Crippen LogP contribution in [0.5, 0.6) is 0 Å². The van der Waals surface area contributed by atoms with Gasteiger partial charge < -0.3 is 4.57 Å². The molecule has 0 amide bonds. The number of carbonyl (C=O) groups is 1. The predicted molar refractivity (Wildman–Crippen MR) is 86.8 cm³/mol. The lowest BCUT2D eigenvalue weighted by Gasteiger charge is -2.17. The lowest BCUT2D eigenvalue weighted by Crippen LogP contribution is -2.30. The van der Waals surface area contributed by atoms with Gasteiger partial charge in [-0.25, -0.2) is 8.42 Å². The fourth-order valence-corrected chi connectivity index (χ4v) is 3.29. The van der Waals surface area contributed by atoms with E-state index >= 15 is 0 Å². The van der Waals surface area contributed by atoms with Crippen molar-refractivity contribution in [2.45, 2.75) is 18.4 Å². The zero-order valence-electron chi connectivity index (χ0n) is 13.2. The first-order valence-corrected chi connectivity index (χ1v) is 8.39. The normalized spacial score (nSPS) is 11.7. The first kappa shape index (κ1) is 17.1. The van der Waals surface area contributed by atoms with E-state index in [2.05, 4.69) is 0 Å². The molecule has 0 fully saturated rings. The molecule has 0 spiro atoms. The highest BCUT2D eigenvalue weighted by Gasteiger charge is 2.22. The van der Waals surface area contributed by atoms with Crippen molar-refractivity contribution < 1.29 is 13.2 Å². The summed E-state index contributed by atoms with van der Waals surface area (Å²) in [5, 5.41) is 0. The zero-order chi connectivity index (χ0) is 17.2. The number of pyridine rings is 1. The van der Waals surface area contributed by atoms with Crippen LogP contribution in [0.4, 0.5) is 0 Å². The molecule has 0 radical (unpaired) electrons. The quantitative estimate of drug-likeness (QED) is 0.775. The average molecular weight is 334 g/mol. The number of aromatic nitrogens is 1. The number of nitrogens with zero attached hydrogens (tertiary/aromatic N) is 2. The molecular weight excluding hydrogens is 316 g/mol. The molecule has 1 heterocycles. The molecule has 1 aromatic heterocycles. The van der Waals surface area contributed by atoms with Crippen molar-refractivity contribution in [1.82, 2.24) is 8.87 Å². The molecule has 0 saturated heterocycles. The van der Waals surface area contributed by atoms with Crippen LogP contribution in [-0.4, -0.2) is 30.1 Å². The Morgan fingerprint density at radius 1 is 1.17 bits per heavy atom. The van der Waals surface area contributed by atoms with Crippen LogP contribution in [0.1, 0.15) is 22.8 Å². The number of carbonyl (C=O) groups excluding carboxylic acids is 1. The van der Waals surface area contributed by atoms with E-state index in [0.717, 1.165) is 4.31 Å². The van der Waals surface area contributed by atoms with E-state index in [-0.39, 0.29) is 22.8 Å². The number of hydrogen-bond acceptors (Lipinski definition) is 4. The maximum atomic E-state index is 12.5. The standard InChI is InChI=1S/C16H18N2O4S/c1-12(19)13-6-8-15(9-7-13)23(21,22)18(3)11-14-5-4-10-17(2)16(14)20/h4-10H,11H2,1-3H3. The van der Waals surface area contributed by atoms with Crippen LogP contribution in [0.2, 0.25) is 0 Å². The smallest absolute Gasteiger partial charge is 0.254 e. The average Bonchev–Trinajstić information content (AvgIpc) is 2.51. The molecule has 23 heavy (non-hydrogen) atoms. The van der Waals surface area contributed by atoms with Crippen molar-refractivity contribution in [2.24, 2.45) is 7.05 Å². The van der Waals surface area contributed by atoms with E-state index in [9.17, 15) is 18.0 Å². The Morgan fingerprint density at radius 3 is 2.35 bits per heavy atom. The Labute approximate surface area is 135 Å². The minimum absolute atomic E-state index is 0.0235. The second-order valence-electron chi connectivity index (χ2n) is 5.29. The molecule has 0 unspecified atom stereocenters. The number of rotatable bonds is 5. The Morgan fingerprint density at radius 2 is 1.78 bits per heavy atom. The van der Waals surface area contributed by atoms with Gasteiger partial charge in [-0.2, -0.15) is 4.31 Å². The third-order valence-corrected chi connectivity index (χ3v) is 5.38. The third kappa shape index (κ3) is 3.57. The Hall–Kier alpha value is -2.25. The number of sulfonamides is 1. The van der Waals surface area contributed by atoms with E-state index in [4.69, 9.17) is 0 Å². The van der Waals surface area contributed by atoms with E-state index < -0.39 is 10.0 Å². The maximum absolute atomic E-state index is 12.5. The summed E-state index contributed by atoms with van der Waals surface area (Å²) in [5.41, 5.74) is 0.603. The van der Waals surface area contributed by atoms with E-state index in [1.54, 1.807) is 25.4 Å². The Bertz CT molecular complexity index is 883. The van der Waals surface area contributed by atoms with Gasteiger partial charge in [-0.3, -0.25) is 9.59 Å². The van der Waals surface area contributed by atoms with Crippen molar-refractivity contribution in [2.75, 3.05) is 7.05 Å². The minimum atomic E-state index is -3.74. The Balaban J connectivity index is 2.30. The first-order valence-electron chi connectivity index (χ1n) is 6.95. The summed E-state index contributed by atoms with van der Waals surface area (Å²) in [5.74, 6) is -0.130. The van der Waals surface area contributed by atoms with Crippen molar-refractivity contribution >= 4 is 15.8 Å². The van der Waals surface area contributed by atoms with Crippen LogP contribution < -0.4 is 5.56 Å². The van der Waals surface area contributed by atoms with Gasteiger partial charge in [0.2, 0.25) is 10.0 Å². The molecule has 2 aromatic rings. The van der Waals surface area contributed by atoms with Crippen LogP contribution in [-0.2, 0) is 23.6 Å². The molecule has 0 aliphatic rings. The SMILES string of the molecule is CC(=O)c1ccc(S(=O)(=O)N(C)Cc2cccn(C)c2=O)cc1. The first-order chi connectivity index (χ1) is 10.7. The number of hydrogen-bond donors (Lipinski definition) is 0. The fraction of sp³-hybridized carbons (Fsp3) is 0.250. The molecule has 1 aromatic carbocycles. The fourth-order valence-electron chi connectivity index (χ4n) is 2.14. The highest BCUT2D eigenvalue weighted by Crippen LogP contribution is 2.17. The summed E-state index contributed by atoms with van der Waals surface area (Å²) in [4.78, 5) is 23.3. The van der Waals surface area contributed by atoms with E-state index in [1.807, 2.05) is 0 Å². The maximum Gasteiger partial charge on any atom is 0.254 e. The van der Waals surface area contributed by atoms with Gasteiger partial charge in [0, 0.05) is 38.0 Å². The molecule has 0 saturated carbocycles. The number of benzene rings is 1. The van der Waals surface area contributed by atoms with Crippen LogP contribution in [0, 0.1) is 0 Å². The predicted octanol–water partition coefficient (Wildman–Crippen LogP) is 1.41. The summed E-state index contributed by atoms with van der Waals surface area (Å²) in [7, 11) is -0.706. The summed E-state index contributed by atoms with van der Waals surface area (Å²) >= 11 is 0. The topological polar surface area (TPSA) is 76.5 Å². The van der Waals surface area contributed by atoms with Gasteiger partial charge in [0.1, 0.15) is 0 Å². The second kappa shape index (κ2) is 6.47. The zero-order valence-corrected chi connectivity index (χ0v) is 14.0. The summed E-state index contributed by atoms with van der Waals surface area (Å²) < 4.78 is 27.6. The molecule has 122 valence electrons. The van der Waals surface area contributed by atoms with Gasteiger partial charge in [-0.05, 0) is 25.1 Å². The summed E-state index contributed by atoms with van der Waals surface area (Å²) in [6.45, 7) is 1.39. The number of ketones is 1. The Kier molecular flexibility index (Phi) is 4.82. The van der Waals surface area contributed by atoms with Gasteiger partial charge in [0.05, 0.1) is 4.90 Å². The molecule has 2 rings (SSSR count). The molecule has 0 aliphatic heterocycles. The second-order valence-corrected chi connectivity index (χ2v) is 7.34. The molecule has 0 aliphatic carbocycles. The molecular formula is C16H18N2O4S. The van der Waals surface area contributed by atoms with Crippen LogP contribution in [0.15, 0.2) is 52.3 Å². The van der Waals surface area contributed by atoms with Gasteiger partial charge in [0.15, 0.2) is 5.78 Å². The largest absolute Gasteiger partial charge is 0.318 e. The highest BCUT2D eigenvalue weighted by molar-refractivity contribution is 7.89. The number of aryl methyl sites for hydroxylation is 1. The van der Waals surface area contributed by atoms with Crippen molar-refractivity contribution in [3.05, 3.63) is 64.1 Å². The third-order valence-electron chi connectivity index (χ3n) is 3.56. The van der Waals surface area contributed by atoms with Crippen molar-refractivity contribution in [1.29, 1.82) is 0 Å². The lowest BCUT2D eigenvalue weighted by atomic mass is 10.2. The van der Waals surface area contributed by atoms with Gasteiger partial charge in [-0.15, -0.1) is 0 Å². The van der Waals surface area contributed by atoms with Crippen molar-refractivity contribution in [3.63, 3.8) is 0 Å². The van der Waals surface area contributed by atoms with Crippen molar-refractivity contribution in [3.8, 4) is 0 Å². The monoisotopic (exact) mass is 334 g/mol. The molecule has 0 atom stereocenters. The molecule has 7 heteroatoms.